The summed E-state index contributed by atoms with van der Waals surface area (Å²) in [5, 5.41) is 0.00612. The van der Waals surface area contributed by atoms with Gasteiger partial charge in [0.25, 0.3) is 0 Å². The molecule has 0 radical (unpaired) electrons. The van der Waals surface area contributed by atoms with Crippen molar-refractivity contribution in [2.24, 2.45) is 0 Å². The van der Waals surface area contributed by atoms with Crippen LogP contribution in [-0.4, -0.2) is 60.4 Å². The van der Waals surface area contributed by atoms with Crippen LogP contribution < -0.4 is 0 Å². The predicted octanol–water partition coefficient (Wildman–Crippen LogP) is 4.69. The Morgan fingerprint density at radius 2 is 1.48 bits per heavy atom. The number of hydrogen-bond donors (Lipinski definition) is 0. The van der Waals surface area contributed by atoms with Gasteiger partial charge in [-0.1, -0.05) is 41.5 Å². The van der Waals surface area contributed by atoms with Crippen LogP contribution in [0.2, 0.25) is 36.3 Å². The van der Waals surface area contributed by atoms with Crippen molar-refractivity contribution in [2.45, 2.75) is 115 Å². The van der Waals surface area contributed by atoms with Crippen molar-refractivity contribution in [3.05, 3.63) is 0 Å². The molecule has 0 aromatic rings. The fourth-order valence-corrected chi connectivity index (χ4v) is 5.46. The molecule has 0 bridgehead atoms. The van der Waals surface area contributed by atoms with Gasteiger partial charge >= 0.3 is 5.97 Å². The molecule has 8 heteroatoms. The van der Waals surface area contributed by atoms with E-state index in [0.717, 1.165) is 6.29 Å². The van der Waals surface area contributed by atoms with E-state index in [9.17, 15) is 9.59 Å². The summed E-state index contributed by atoms with van der Waals surface area (Å²) in [6, 6.07) is 0. The number of esters is 1. The molecule has 4 atom stereocenters. The molecule has 0 aliphatic carbocycles. The van der Waals surface area contributed by atoms with Crippen molar-refractivity contribution >= 4 is 28.9 Å². The van der Waals surface area contributed by atoms with E-state index in [-0.39, 0.29) is 28.6 Å². The van der Waals surface area contributed by atoms with E-state index in [2.05, 4.69) is 67.7 Å². The molecule has 1 aliphatic rings. The van der Waals surface area contributed by atoms with Gasteiger partial charge in [-0.2, -0.15) is 0 Å². The maximum Gasteiger partial charge on any atom is 0.308 e. The van der Waals surface area contributed by atoms with Crippen molar-refractivity contribution in [1.29, 1.82) is 0 Å². The quantitative estimate of drug-likeness (QED) is 0.321. The van der Waals surface area contributed by atoms with Crippen LogP contribution in [0, 0.1) is 0 Å². The van der Waals surface area contributed by atoms with E-state index in [0.29, 0.717) is 6.42 Å². The van der Waals surface area contributed by atoms with Crippen LogP contribution in [0.15, 0.2) is 0 Å². The van der Waals surface area contributed by atoms with E-state index < -0.39 is 34.9 Å². The average Bonchev–Trinajstić information content (AvgIpc) is 2.54. The SMILES string of the molecule is COC(=O)C[C@@H]1C[C@H](O[Si](C)(C)C(C)(C)C)[C@@H](O[Si](C)(C)C(C)(C)C)[C@H](C=O)O1. The Bertz CT molecular complexity index is 577. The Morgan fingerprint density at radius 3 is 1.90 bits per heavy atom. The second-order valence-electron chi connectivity index (χ2n) is 11.1. The van der Waals surface area contributed by atoms with Gasteiger partial charge in [0.1, 0.15) is 12.2 Å². The molecule has 0 unspecified atom stereocenters. The van der Waals surface area contributed by atoms with Crippen LogP contribution in [0.1, 0.15) is 54.4 Å². The number of ether oxygens (including phenoxy) is 2. The molecular formula is C21H42O6Si2. The monoisotopic (exact) mass is 446 g/mol. The molecule has 0 N–H and O–H groups in total. The molecule has 170 valence electrons. The molecule has 0 aromatic carbocycles. The summed E-state index contributed by atoms with van der Waals surface area (Å²) < 4.78 is 24.2. The molecule has 0 amide bonds. The van der Waals surface area contributed by atoms with Gasteiger partial charge in [-0.25, -0.2) is 0 Å². The molecule has 1 heterocycles. The van der Waals surface area contributed by atoms with Crippen molar-refractivity contribution in [2.75, 3.05) is 7.11 Å². The molecular weight excluding hydrogens is 404 g/mol. The zero-order valence-electron chi connectivity index (χ0n) is 20.3. The molecule has 0 saturated carbocycles. The lowest BCUT2D eigenvalue weighted by molar-refractivity contribution is -0.172. The average molecular weight is 447 g/mol. The largest absolute Gasteiger partial charge is 0.469 e. The zero-order valence-corrected chi connectivity index (χ0v) is 22.3. The first-order valence-corrected chi connectivity index (χ1v) is 16.3. The fourth-order valence-electron chi connectivity index (χ4n) is 2.80. The highest BCUT2D eigenvalue weighted by Crippen LogP contribution is 2.43. The molecule has 0 spiro atoms. The fraction of sp³-hybridized carbons (Fsp3) is 0.905. The first-order chi connectivity index (χ1) is 12.9. The van der Waals surface area contributed by atoms with Gasteiger partial charge in [0, 0.05) is 6.42 Å². The smallest absolute Gasteiger partial charge is 0.308 e. The summed E-state index contributed by atoms with van der Waals surface area (Å²) in [5.41, 5.74) is 0. The highest BCUT2D eigenvalue weighted by Gasteiger charge is 2.50. The molecule has 1 rings (SSSR count). The molecule has 0 aromatic heterocycles. The number of carbonyl (C=O) groups excluding carboxylic acids is 2. The van der Waals surface area contributed by atoms with E-state index in [1.54, 1.807) is 0 Å². The first kappa shape index (κ1) is 26.5. The molecule has 1 aliphatic heterocycles. The maximum atomic E-state index is 12.0. The minimum Gasteiger partial charge on any atom is -0.469 e. The van der Waals surface area contributed by atoms with Gasteiger partial charge in [0.15, 0.2) is 22.9 Å². The number of hydrogen-bond acceptors (Lipinski definition) is 6. The highest BCUT2D eigenvalue weighted by atomic mass is 28.4. The highest BCUT2D eigenvalue weighted by molar-refractivity contribution is 6.74. The molecule has 29 heavy (non-hydrogen) atoms. The lowest BCUT2D eigenvalue weighted by atomic mass is 9.97. The van der Waals surface area contributed by atoms with E-state index in [4.69, 9.17) is 18.3 Å². The lowest BCUT2D eigenvalue weighted by Gasteiger charge is -2.49. The van der Waals surface area contributed by atoms with Crippen LogP contribution in [0.5, 0.6) is 0 Å². The number of methoxy groups -OCH3 is 1. The molecule has 6 nitrogen and oxygen atoms in total. The van der Waals surface area contributed by atoms with Crippen molar-refractivity contribution in [3.63, 3.8) is 0 Å². The zero-order chi connectivity index (χ0) is 22.8. The Balaban J connectivity index is 3.25. The van der Waals surface area contributed by atoms with E-state index >= 15 is 0 Å². The Morgan fingerprint density at radius 1 is 1.00 bits per heavy atom. The lowest BCUT2D eigenvalue weighted by Crippen LogP contribution is -2.60. The van der Waals surface area contributed by atoms with Crippen LogP contribution >= 0.6 is 0 Å². The molecule has 1 saturated heterocycles. The minimum atomic E-state index is -2.17. The predicted molar refractivity (Wildman–Crippen MR) is 120 cm³/mol. The third-order valence-electron chi connectivity index (χ3n) is 6.78. The molecule has 1 fully saturated rings. The summed E-state index contributed by atoms with van der Waals surface area (Å²) in [4.78, 5) is 23.8. The van der Waals surface area contributed by atoms with Crippen LogP contribution in [0.3, 0.4) is 0 Å². The van der Waals surface area contributed by atoms with Crippen molar-refractivity contribution in [1.82, 2.24) is 0 Å². The maximum absolute atomic E-state index is 12.0. The summed E-state index contributed by atoms with van der Waals surface area (Å²) in [7, 11) is -2.94. The second-order valence-corrected chi connectivity index (χ2v) is 20.6. The van der Waals surface area contributed by atoms with Gasteiger partial charge in [-0.3, -0.25) is 4.79 Å². The third-order valence-corrected chi connectivity index (χ3v) is 15.8. The number of aldehydes is 1. The van der Waals surface area contributed by atoms with Gasteiger partial charge < -0.3 is 23.1 Å². The second kappa shape index (κ2) is 9.30. The standard InChI is InChI=1S/C21H42O6Si2/c1-20(2,3)28(8,9)26-16-12-15(13-18(23)24-7)25-17(14-22)19(16)27-29(10,11)21(4,5)6/h14-17,19H,12-13H2,1-11H3/t15-,16-,17-,19+/m0/s1. The van der Waals surface area contributed by atoms with Gasteiger partial charge in [0.2, 0.25) is 0 Å². The third kappa shape index (κ3) is 6.72. The number of rotatable bonds is 7. The number of carbonyl (C=O) groups is 2. The minimum absolute atomic E-state index is 0.00910. The van der Waals surface area contributed by atoms with Crippen LogP contribution in [0.25, 0.3) is 0 Å². The summed E-state index contributed by atoms with van der Waals surface area (Å²) in [6.45, 7) is 21.8. The van der Waals surface area contributed by atoms with E-state index in [1.807, 2.05) is 0 Å². The Kier molecular flexibility index (Phi) is 8.49. The van der Waals surface area contributed by atoms with Crippen LogP contribution in [0.4, 0.5) is 0 Å². The van der Waals surface area contributed by atoms with Gasteiger partial charge in [-0.05, 0) is 36.3 Å². The van der Waals surface area contributed by atoms with Gasteiger partial charge in [-0.15, -0.1) is 0 Å². The first-order valence-electron chi connectivity index (χ1n) is 10.5. The van der Waals surface area contributed by atoms with Crippen molar-refractivity contribution in [3.8, 4) is 0 Å². The Labute approximate surface area is 179 Å². The Hall–Kier alpha value is -0.546. The summed E-state index contributed by atoms with van der Waals surface area (Å²) in [5.74, 6) is -0.352. The summed E-state index contributed by atoms with van der Waals surface area (Å²) >= 11 is 0. The normalized spacial score (nSPS) is 26.9. The van der Waals surface area contributed by atoms with Crippen LogP contribution in [-0.2, 0) is 27.9 Å². The summed E-state index contributed by atoms with van der Waals surface area (Å²) in [6.07, 6.45) is -0.562. The topological polar surface area (TPSA) is 71.1 Å². The van der Waals surface area contributed by atoms with Gasteiger partial charge in [0.05, 0.1) is 25.7 Å². The van der Waals surface area contributed by atoms with E-state index in [1.165, 1.54) is 7.11 Å². The van der Waals surface area contributed by atoms with Crippen molar-refractivity contribution < 1.29 is 27.9 Å².